The number of carbonyl (C=O) groups is 3. The second-order valence-electron chi connectivity index (χ2n) is 10.7. The van der Waals surface area contributed by atoms with E-state index in [-0.39, 0.29) is 23.8 Å². The molecule has 11 nitrogen and oxygen atoms in total. The Bertz CT molecular complexity index is 1390. The quantitative estimate of drug-likeness (QED) is 0.419. The molecule has 0 radical (unpaired) electrons. The lowest BCUT2D eigenvalue weighted by Crippen LogP contribution is -2.52. The number of nitrogens with zero attached hydrogens (tertiary/aromatic N) is 6. The number of tetrazole rings is 1. The Morgan fingerprint density at radius 2 is 2.03 bits per heavy atom. The maximum Gasteiger partial charge on any atom is 0.255 e. The number of hydrogen-bond donors (Lipinski definition) is 2. The minimum Gasteiger partial charge on any atom is -0.370 e. The fraction of sp³-hybridized carbons (Fsp3) is 0.500. The molecule has 2 aliphatic rings. The van der Waals surface area contributed by atoms with Gasteiger partial charge in [0.25, 0.3) is 5.91 Å². The molecule has 200 valence electrons. The molecular weight excluding hydrogens is 504 g/mol. The van der Waals surface area contributed by atoms with Gasteiger partial charge in [-0.2, -0.15) is 0 Å². The summed E-state index contributed by atoms with van der Waals surface area (Å²) in [5, 5.41) is 21.7. The van der Waals surface area contributed by atoms with Gasteiger partial charge >= 0.3 is 0 Å². The number of rotatable bonds is 8. The third-order valence-electron chi connectivity index (χ3n) is 7.35. The lowest BCUT2D eigenvalue weighted by Gasteiger charge is -2.29. The summed E-state index contributed by atoms with van der Waals surface area (Å²) in [6.45, 7) is 10.8. The summed E-state index contributed by atoms with van der Waals surface area (Å²) in [7, 11) is 0. The molecule has 0 spiro atoms. The smallest absolute Gasteiger partial charge is 0.255 e. The van der Waals surface area contributed by atoms with Crippen LogP contribution < -0.4 is 10.6 Å². The zero-order chi connectivity index (χ0) is 27.2. The number of amides is 3. The van der Waals surface area contributed by atoms with Crippen molar-refractivity contribution in [2.24, 2.45) is 0 Å². The predicted octanol–water partition coefficient (Wildman–Crippen LogP) is 3.36. The SMILES string of the molecule is CCC(C)(C)n1nnnc1C(Nc1ccc2c(c1)CN(C1CCC(=O)NC1=O)C2=O)c1csc(C(C)C)n1. The van der Waals surface area contributed by atoms with E-state index >= 15 is 0 Å². The lowest BCUT2D eigenvalue weighted by atomic mass is 10.0. The number of thiazole rings is 1. The van der Waals surface area contributed by atoms with Gasteiger partial charge in [0.05, 0.1) is 16.2 Å². The molecule has 1 fully saturated rings. The third-order valence-corrected chi connectivity index (χ3v) is 8.52. The Morgan fingerprint density at radius 1 is 1.24 bits per heavy atom. The highest BCUT2D eigenvalue weighted by molar-refractivity contribution is 7.09. The largest absolute Gasteiger partial charge is 0.370 e. The third kappa shape index (κ3) is 4.68. The van der Waals surface area contributed by atoms with Crippen LogP contribution in [0.4, 0.5) is 5.69 Å². The van der Waals surface area contributed by atoms with Crippen LogP contribution in [0.1, 0.15) is 98.3 Å². The molecule has 1 aromatic carbocycles. The van der Waals surface area contributed by atoms with Crippen LogP contribution in [0.25, 0.3) is 0 Å². The van der Waals surface area contributed by atoms with Gasteiger partial charge in [-0.25, -0.2) is 9.67 Å². The molecule has 2 aromatic heterocycles. The van der Waals surface area contributed by atoms with Crippen LogP contribution in [-0.2, 0) is 21.7 Å². The van der Waals surface area contributed by atoms with Gasteiger partial charge < -0.3 is 10.2 Å². The van der Waals surface area contributed by atoms with E-state index in [1.807, 2.05) is 22.2 Å². The number of hydrogen-bond acceptors (Lipinski definition) is 9. The van der Waals surface area contributed by atoms with Crippen molar-refractivity contribution in [3.63, 3.8) is 0 Å². The second-order valence-corrected chi connectivity index (χ2v) is 11.6. The molecule has 2 N–H and O–H groups in total. The van der Waals surface area contributed by atoms with Gasteiger partial charge in [0, 0.05) is 35.5 Å². The summed E-state index contributed by atoms with van der Waals surface area (Å²) in [5.41, 5.74) is 2.68. The lowest BCUT2D eigenvalue weighted by molar-refractivity contribution is -0.136. The maximum absolute atomic E-state index is 13.1. The predicted molar refractivity (Wildman–Crippen MR) is 142 cm³/mol. The summed E-state index contributed by atoms with van der Waals surface area (Å²) < 4.78 is 1.85. The van der Waals surface area contributed by atoms with Gasteiger partial charge in [0.2, 0.25) is 11.8 Å². The Hall–Kier alpha value is -3.67. The molecule has 3 aromatic rings. The van der Waals surface area contributed by atoms with Crippen LogP contribution >= 0.6 is 11.3 Å². The normalized spacial score (nSPS) is 18.6. The molecule has 0 aliphatic carbocycles. The molecule has 0 bridgehead atoms. The van der Waals surface area contributed by atoms with Gasteiger partial charge in [0.1, 0.15) is 12.1 Å². The summed E-state index contributed by atoms with van der Waals surface area (Å²) in [5.74, 6) is 0.0214. The van der Waals surface area contributed by atoms with Crippen LogP contribution in [0.5, 0.6) is 0 Å². The molecule has 2 aliphatic heterocycles. The zero-order valence-corrected chi connectivity index (χ0v) is 23.0. The van der Waals surface area contributed by atoms with Crippen molar-refractivity contribution >= 4 is 34.7 Å². The highest BCUT2D eigenvalue weighted by atomic mass is 32.1. The van der Waals surface area contributed by atoms with Crippen LogP contribution in [0.15, 0.2) is 23.6 Å². The number of benzene rings is 1. The Morgan fingerprint density at radius 3 is 2.71 bits per heavy atom. The summed E-state index contributed by atoms with van der Waals surface area (Å²) >= 11 is 1.61. The van der Waals surface area contributed by atoms with Crippen molar-refractivity contribution < 1.29 is 14.4 Å². The van der Waals surface area contributed by atoms with E-state index in [0.717, 1.165) is 28.4 Å². The summed E-state index contributed by atoms with van der Waals surface area (Å²) in [4.78, 5) is 43.6. The average Bonchev–Trinajstić information content (AvgIpc) is 3.62. The number of anilines is 1. The highest BCUT2D eigenvalue weighted by Gasteiger charge is 2.39. The Labute approximate surface area is 225 Å². The maximum atomic E-state index is 13.1. The standard InChI is InChI=1S/C26H32N8O3S/c1-6-26(4,5)34-22(30-31-32-34)21(18-13-38-24(28-18)14(2)3)27-16-7-8-17-15(11-16)12-33(25(17)37)19-9-10-20(35)29-23(19)36/h7-8,11,13-14,19,21,27H,6,9-10,12H2,1-5H3,(H,29,35,36). The first-order chi connectivity index (χ1) is 18.1. The first-order valence-corrected chi connectivity index (χ1v) is 13.7. The van der Waals surface area contributed by atoms with E-state index in [2.05, 4.69) is 60.8 Å². The van der Waals surface area contributed by atoms with Crippen molar-refractivity contribution in [3.8, 4) is 0 Å². The Balaban J connectivity index is 1.46. The van der Waals surface area contributed by atoms with Crippen molar-refractivity contribution in [3.05, 3.63) is 51.2 Å². The fourth-order valence-electron chi connectivity index (χ4n) is 4.76. The van der Waals surface area contributed by atoms with E-state index in [9.17, 15) is 14.4 Å². The number of fused-ring (bicyclic) bond motifs is 1. The first-order valence-electron chi connectivity index (χ1n) is 12.9. The van der Waals surface area contributed by atoms with Gasteiger partial charge in [-0.3, -0.25) is 19.7 Å². The van der Waals surface area contributed by atoms with E-state index in [1.165, 1.54) is 0 Å². The van der Waals surface area contributed by atoms with Crippen LogP contribution in [0, 0.1) is 0 Å². The highest BCUT2D eigenvalue weighted by Crippen LogP contribution is 2.34. The molecule has 3 amide bonds. The topological polar surface area (TPSA) is 135 Å². The van der Waals surface area contributed by atoms with Crippen molar-refractivity contribution in [2.75, 3.05) is 5.32 Å². The van der Waals surface area contributed by atoms with Crippen LogP contribution in [-0.4, -0.2) is 53.9 Å². The van der Waals surface area contributed by atoms with Gasteiger partial charge in [-0.1, -0.05) is 20.8 Å². The zero-order valence-electron chi connectivity index (χ0n) is 22.2. The average molecular weight is 537 g/mol. The number of aromatic nitrogens is 5. The van der Waals surface area contributed by atoms with Crippen molar-refractivity contribution in [2.45, 2.75) is 84.0 Å². The van der Waals surface area contributed by atoms with Gasteiger partial charge in [0.15, 0.2) is 5.82 Å². The van der Waals surface area contributed by atoms with E-state index < -0.39 is 18.0 Å². The number of nitrogens with one attached hydrogen (secondary N) is 2. The summed E-state index contributed by atoms with van der Waals surface area (Å²) in [6.07, 6.45) is 1.39. The second kappa shape index (κ2) is 9.90. The van der Waals surface area contributed by atoms with Crippen LogP contribution in [0.3, 0.4) is 0 Å². The van der Waals surface area contributed by atoms with Crippen LogP contribution in [0.2, 0.25) is 0 Å². The minimum atomic E-state index is -0.651. The molecule has 38 heavy (non-hydrogen) atoms. The van der Waals surface area contributed by atoms with Crippen molar-refractivity contribution in [1.82, 2.24) is 35.4 Å². The molecule has 12 heteroatoms. The van der Waals surface area contributed by atoms with Gasteiger partial charge in [-0.05, 0) is 60.9 Å². The molecule has 2 unspecified atom stereocenters. The molecule has 2 atom stereocenters. The van der Waals surface area contributed by atoms with E-state index in [0.29, 0.717) is 30.3 Å². The molecule has 1 saturated heterocycles. The molecular formula is C26H32N8O3S. The molecule has 0 saturated carbocycles. The summed E-state index contributed by atoms with van der Waals surface area (Å²) in [6, 6.07) is 4.50. The number of carbonyl (C=O) groups excluding carboxylic acids is 3. The minimum absolute atomic E-state index is 0.202. The van der Waals surface area contributed by atoms with E-state index in [4.69, 9.17) is 4.98 Å². The molecule has 4 heterocycles. The number of imide groups is 1. The van der Waals surface area contributed by atoms with Crippen molar-refractivity contribution in [1.29, 1.82) is 0 Å². The number of piperidine rings is 1. The van der Waals surface area contributed by atoms with E-state index in [1.54, 1.807) is 22.3 Å². The fourth-order valence-corrected chi connectivity index (χ4v) is 5.62. The van der Waals surface area contributed by atoms with Gasteiger partial charge in [-0.15, -0.1) is 16.4 Å². The molecule has 5 rings (SSSR count). The monoisotopic (exact) mass is 536 g/mol. The Kier molecular flexibility index (Phi) is 6.76. The first kappa shape index (κ1) is 26.0.